The summed E-state index contributed by atoms with van der Waals surface area (Å²) in [6.07, 6.45) is 3.26. The van der Waals surface area contributed by atoms with Crippen LogP contribution in [-0.4, -0.2) is 43.2 Å². The number of ether oxygens (including phenoxy) is 1. The van der Waals surface area contributed by atoms with Crippen LogP contribution in [0.1, 0.15) is 22.4 Å². The number of halogens is 4. The highest BCUT2D eigenvalue weighted by atomic mass is 19.3. The third-order valence-corrected chi connectivity index (χ3v) is 5.40. The smallest absolute Gasteiger partial charge is 0.323 e. The summed E-state index contributed by atoms with van der Waals surface area (Å²) in [7, 11) is 0. The van der Waals surface area contributed by atoms with Crippen molar-refractivity contribution in [3.63, 3.8) is 0 Å². The molecule has 0 aliphatic carbocycles. The summed E-state index contributed by atoms with van der Waals surface area (Å²) in [5.41, 5.74) is -3.92. The molecule has 190 valence electrons. The average Bonchev–Trinajstić information content (AvgIpc) is 3.39. The quantitative estimate of drug-likeness (QED) is 0.278. The van der Waals surface area contributed by atoms with E-state index in [2.05, 4.69) is 26.9 Å². The van der Waals surface area contributed by atoms with Crippen molar-refractivity contribution in [1.82, 2.24) is 19.7 Å². The molecule has 4 aromatic rings. The molecule has 0 aliphatic heterocycles. The number of aliphatic hydroxyl groups excluding tert-OH is 1. The Balaban J connectivity index is 1.62. The Morgan fingerprint density at radius 2 is 1.70 bits per heavy atom. The molecule has 0 radical (unpaired) electrons. The summed E-state index contributed by atoms with van der Waals surface area (Å²) in [5.74, 6) is -0.241. The molecule has 2 heterocycles. The molecule has 0 spiro atoms. The molecule has 2 aromatic carbocycles. The van der Waals surface area contributed by atoms with Crippen molar-refractivity contribution < 1.29 is 32.5 Å². The Morgan fingerprint density at radius 1 is 0.973 bits per heavy atom. The van der Waals surface area contributed by atoms with Crippen LogP contribution < -0.4 is 4.74 Å². The molecule has 7 nitrogen and oxygen atoms in total. The van der Waals surface area contributed by atoms with Crippen LogP contribution in [-0.2, 0) is 18.1 Å². The highest BCUT2D eigenvalue weighted by molar-refractivity contribution is 5.44. The van der Waals surface area contributed by atoms with Gasteiger partial charge < -0.3 is 14.9 Å². The van der Waals surface area contributed by atoms with Crippen molar-refractivity contribution >= 4 is 0 Å². The van der Waals surface area contributed by atoms with Crippen LogP contribution in [0.25, 0.3) is 0 Å². The van der Waals surface area contributed by atoms with E-state index in [0.29, 0.717) is 22.9 Å². The zero-order valence-corrected chi connectivity index (χ0v) is 19.2. The molecule has 4 rings (SSSR count). The lowest BCUT2D eigenvalue weighted by atomic mass is 9.84. The number of hydrogen-bond acceptors (Lipinski definition) is 6. The van der Waals surface area contributed by atoms with Gasteiger partial charge >= 0.3 is 5.92 Å². The predicted octanol–water partition coefficient (Wildman–Crippen LogP) is 3.40. The molecule has 0 fully saturated rings. The maximum absolute atomic E-state index is 15.8. The van der Waals surface area contributed by atoms with Gasteiger partial charge in [-0.2, -0.15) is 13.9 Å². The Bertz CT molecular complexity index is 1400. The first-order valence-corrected chi connectivity index (χ1v) is 10.9. The van der Waals surface area contributed by atoms with Gasteiger partial charge in [0.15, 0.2) is 5.60 Å². The SMILES string of the molecule is OCCOc1ccc(C#Cc2ccc(C(F)(F)C(O)(Cn3cncn3)c3ccc(F)cc3F)nc2)cc1. The molecule has 0 aliphatic rings. The van der Waals surface area contributed by atoms with Gasteiger partial charge in [-0.1, -0.05) is 11.8 Å². The van der Waals surface area contributed by atoms with Crippen LogP contribution in [0, 0.1) is 23.5 Å². The number of pyridine rings is 1. The van der Waals surface area contributed by atoms with Crippen LogP contribution in [0.4, 0.5) is 17.6 Å². The summed E-state index contributed by atoms with van der Waals surface area (Å²) < 4.78 is 65.8. The predicted molar refractivity (Wildman–Crippen MR) is 123 cm³/mol. The molecule has 1 atom stereocenters. The Hall–Kier alpha value is -4.27. The second kappa shape index (κ2) is 10.8. The van der Waals surface area contributed by atoms with E-state index in [9.17, 15) is 13.9 Å². The number of alkyl halides is 2. The summed E-state index contributed by atoms with van der Waals surface area (Å²) in [4.78, 5) is 7.44. The van der Waals surface area contributed by atoms with E-state index in [0.717, 1.165) is 41.7 Å². The van der Waals surface area contributed by atoms with Crippen molar-refractivity contribution in [2.45, 2.75) is 18.1 Å². The second-order valence-electron chi connectivity index (χ2n) is 7.93. The maximum Gasteiger partial charge on any atom is 0.323 e. The van der Waals surface area contributed by atoms with Crippen molar-refractivity contribution in [1.29, 1.82) is 0 Å². The maximum atomic E-state index is 15.8. The van der Waals surface area contributed by atoms with Crippen LogP contribution in [0.15, 0.2) is 73.4 Å². The fourth-order valence-electron chi connectivity index (χ4n) is 3.54. The van der Waals surface area contributed by atoms with Crippen LogP contribution in [0.3, 0.4) is 0 Å². The largest absolute Gasteiger partial charge is 0.491 e. The fourth-order valence-corrected chi connectivity index (χ4v) is 3.54. The number of hydrogen-bond donors (Lipinski definition) is 2. The van der Waals surface area contributed by atoms with Gasteiger partial charge in [-0.3, -0.25) is 4.98 Å². The Labute approximate surface area is 209 Å². The summed E-state index contributed by atoms with van der Waals surface area (Å²) in [6, 6.07) is 10.9. The van der Waals surface area contributed by atoms with E-state index in [1.54, 1.807) is 24.3 Å². The Morgan fingerprint density at radius 3 is 2.32 bits per heavy atom. The summed E-state index contributed by atoms with van der Waals surface area (Å²) in [5, 5.41) is 23.7. The lowest BCUT2D eigenvalue weighted by Gasteiger charge is -2.35. The van der Waals surface area contributed by atoms with E-state index in [-0.39, 0.29) is 13.2 Å². The second-order valence-corrected chi connectivity index (χ2v) is 7.93. The van der Waals surface area contributed by atoms with Gasteiger partial charge in [0.1, 0.15) is 42.3 Å². The number of aliphatic hydroxyl groups is 2. The number of rotatable bonds is 8. The van der Waals surface area contributed by atoms with E-state index >= 15 is 8.78 Å². The van der Waals surface area contributed by atoms with Crippen LogP contribution >= 0.6 is 0 Å². The highest BCUT2D eigenvalue weighted by Crippen LogP contribution is 2.46. The number of benzene rings is 2. The first-order chi connectivity index (χ1) is 17.7. The van der Waals surface area contributed by atoms with Gasteiger partial charge in [-0.05, 0) is 48.5 Å². The highest BCUT2D eigenvalue weighted by Gasteiger charge is 2.57. The molecule has 1 unspecified atom stereocenters. The van der Waals surface area contributed by atoms with Crippen molar-refractivity contribution in [2.75, 3.05) is 13.2 Å². The minimum atomic E-state index is -4.13. The standard InChI is InChI=1S/C26H20F4N4O3/c27-20-6-9-22(23(28)13-20)25(36,15-34-17-31-16-33-34)26(29,30)24-10-5-19(14-32-24)2-1-18-3-7-21(8-4-18)37-12-11-35/h3-10,13-14,16-17,35-36H,11-12,15H2. The van der Waals surface area contributed by atoms with Crippen molar-refractivity contribution in [2.24, 2.45) is 0 Å². The molecule has 2 N–H and O–H groups in total. The molecule has 0 saturated heterocycles. The lowest BCUT2D eigenvalue weighted by molar-refractivity contribution is -0.207. The Kier molecular flexibility index (Phi) is 7.52. The molecule has 0 amide bonds. The topological polar surface area (TPSA) is 93.3 Å². The van der Waals surface area contributed by atoms with Crippen LogP contribution in [0.2, 0.25) is 0 Å². The molecule has 11 heteroatoms. The third kappa shape index (κ3) is 5.61. The zero-order chi connectivity index (χ0) is 26.5. The molecule has 0 saturated carbocycles. The van der Waals surface area contributed by atoms with Crippen LogP contribution in [0.5, 0.6) is 5.75 Å². The third-order valence-electron chi connectivity index (χ3n) is 5.40. The van der Waals surface area contributed by atoms with E-state index in [4.69, 9.17) is 9.84 Å². The minimum absolute atomic E-state index is 0.111. The van der Waals surface area contributed by atoms with E-state index in [1.165, 1.54) is 6.07 Å². The first kappa shape index (κ1) is 25.8. The van der Waals surface area contributed by atoms with Crippen molar-refractivity contribution in [3.05, 3.63) is 107 Å². The fraction of sp³-hybridized carbons (Fsp3) is 0.192. The summed E-state index contributed by atoms with van der Waals surface area (Å²) >= 11 is 0. The minimum Gasteiger partial charge on any atom is -0.491 e. The van der Waals surface area contributed by atoms with E-state index < -0.39 is 41.0 Å². The number of nitrogens with zero attached hydrogens (tertiary/aromatic N) is 4. The van der Waals surface area contributed by atoms with Gasteiger partial charge in [0.25, 0.3) is 0 Å². The van der Waals surface area contributed by atoms with Gasteiger partial charge in [0.2, 0.25) is 0 Å². The molecular weight excluding hydrogens is 492 g/mol. The zero-order valence-electron chi connectivity index (χ0n) is 19.2. The molecule has 0 bridgehead atoms. The summed E-state index contributed by atoms with van der Waals surface area (Å²) in [6.45, 7) is -0.834. The van der Waals surface area contributed by atoms with Gasteiger partial charge in [0, 0.05) is 29.0 Å². The van der Waals surface area contributed by atoms with E-state index in [1.807, 2.05) is 0 Å². The van der Waals surface area contributed by atoms with Gasteiger partial charge in [-0.15, -0.1) is 0 Å². The monoisotopic (exact) mass is 512 g/mol. The first-order valence-electron chi connectivity index (χ1n) is 10.9. The molecule has 37 heavy (non-hydrogen) atoms. The molecular formula is C26H20F4N4O3. The van der Waals surface area contributed by atoms with Crippen molar-refractivity contribution in [3.8, 4) is 17.6 Å². The number of aromatic nitrogens is 4. The average molecular weight is 512 g/mol. The van der Waals surface area contributed by atoms with Gasteiger partial charge in [0.05, 0.1) is 13.2 Å². The normalized spacial score (nSPS) is 12.9. The molecule has 2 aromatic heterocycles. The van der Waals surface area contributed by atoms with Gasteiger partial charge in [-0.25, -0.2) is 18.4 Å². The lowest BCUT2D eigenvalue weighted by Crippen LogP contribution is -2.48.